The second-order valence-corrected chi connectivity index (χ2v) is 5.39. The molecule has 0 aromatic heterocycles. The van der Waals surface area contributed by atoms with Gasteiger partial charge in [-0.05, 0) is 6.42 Å². The van der Waals surface area contributed by atoms with E-state index in [1.54, 1.807) is 0 Å². The molecule has 3 heteroatoms. The summed E-state index contributed by atoms with van der Waals surface area (Å²) < 4.78 is 0. The molecule has 0 rings (SSSR count). The molecule has 2 nitrogen and oxygen atoms in total. The van der Waals surface area contributed by atoms with Crippen LogP contribution in [0.4, 0.5) is 0 Å². The standard InChI is InChI=1S/C16H32O2.Li.H/c1-2-3-4-5-6-7-8-9-10-11-12-13-14-15-16(17)18;;/h2-15H2,1H3,(H,17,18);;. The minimum atomic E-state index is -0.655. The number of carboxylic acid groups (broad SMARTS) is 1. The maximum atomic E-state index is 10.3. The van der Waals surface area contributed by atoms with Gasteiger partial charge < -0.3 is 5.11 Å². The zero-order chi connectivity index (χ0) is 13.5. The molecule has 0 heterocycles. The van der Waals surface area contributed by atoms with Gasteiger partial charge in [0, 0.05) is 6.42 Å². The van der Waals surface area contributed by atoms with Crippen LogP contribution in [0.1, 0.15) is 96.8 Å². The molecule has 0 unspecified atom stereocenters. The summed E-state index contributed by atoms with van der Waals surface area (Å²) in [7, 11) is 0. The van der Waals surface area contributed by atoms with Crippen molar-refractivity contribution in [1.29, 1.82) is 0 Å². The fourth-order valence-corrected chi connectivity index (χ4v) is 2.29. The van der Waals surface area contributed by atoms with Gasteiger partial charge in [0.25, 0.3) is 0 Å². The van der Waals surface area contributed by atoms with Crippen molar-refractivity contribution in [3.8, 4) is 0 Å². The molecular formula is C16H33LiO2. The van der Waals surface area contributed by atoms with Gasteiger partial charge in [0.2, 0.25) is 0 Å². The molecule has 0 atom stereocenters. The van der Waals surface area contributed by atoms with Crippen molar-refractivity contribution in [2.75, 3.05) is 0 Å². The first-order chi connectivity index (χ1) is 8.77. The van der Waals surface area contributed by atoms with Gasteiger partial charge in [-0.2, -0.15) is 0 Å². The van der Waals surface area contributed by atoms with Crippen molar-refractivity contribution in [2.24, 2.45) is 0 Å². The van der Waals surface area contributed by atoms with Crippen molar-refractivity contribution in [3.05, 3.63) is 0 Å². The van der Waals surface area contributed by atoms with Crippen LogP contribution >= 0.6 is 0 Å². The van der Waals surface area contributed by atoms with E-state index < -0.39 is 5.97 Å². The number of unbranched alkanes of at least 4 members (excludes halogenated alkanes) is 12. The second kappa shape index (κ2) is 18.1. The van der Waals surface area contributed by atoms with Crippen LogP contribution in [-0.2, 0) is 4.79 Å². The Balaban J connectivity index is 0. The molecule has 0 spiro atoms. The zero-order valence-corrected chi connectivity index (χ0v) is 12.3. The summed E-state index contributed by atoms with van der Waals surface area (Å²) in [6.45, 7) is 2.26. The molecule has 19 heavy (non-hydrogen) atoms. The van der Waals surface area contributed by atoms with E-state index >= 15 is 0 Å². The third-order valence-electron chi connectivity index (χ3n) is 3.49. The minimum absolute atomic E-state index is 0. The fourth-order valence-electron chi connectivity index (χ4n) is 2.29. The van der Waals surface area contributed by atoms with Crippen molar-refractivity contribution < 1.29 is 9.90 Å². The van der Waals surface area contributed by atoms with Gasteiger partial charge in [-0.3, -0.25) is 4.79 Å². The van der Waals surface area contributed by atoms with Gasteiger partial charge in [-0.15, -0.1) is 0 Å². The van der Waals surface area contributed by atoms with Crippen LogP contribution in [0, 0.1) is 0 Å². The van der Waals surface area contributed by atoms with Crippen LogP contribution in [0.15, 0.2) is 0 Å². The molecule has 0 saturated carbocycles. The number of carbonyl (C=O) groups is 1. The Morgan fingerprint density at radius 1 is 0.684 bits per heavy atom. The van der Waals surface area contributed by atoms with Gasteiger partial charge in [-0.25, -0.2) is 0 Å². The van der Waals surface area contributed by atoms with Crippen LogP contribution in [-0.4, -0.2) is 29.9 Å². The Labute approximate surface area is 131 Å². The van der Waals surface area contributed by atoms with Gasteiger partial charge in [-0.1, -0.05) is 84.0 Å². The molecule has 0 aliphatic heterocycles. The molecule has 0 aliphatic carbocycles. The number of carboxylic acids is 1. The summed E-state index contributed by atoms with van der Waals surface area (Å²) in [5.41, 5.74) is 0. The third-order valence-corrected chi connectivity index (χ3v) is 3.49. The van der Waals surface area contributed by atoms with Crippen LogP contribution in [0.2, 0.25) is 0 Å². The summed E-state index contributed by atoms with van der Waals surface area (Å²) in [6, 6.07) is 0. The van der Waals surface area contributed by atoms with Crippen molar-refractivity contribution in [2.45, 2.75) is 96.8 Å². The molecule has 0 aromatic rings. The average Bonchev–Trinajstić information content (AvgIpc) is 2.34. The summed E-state index contributed by atoms with van der Waals surface area (Å²) in [6.07, 6.45) is 17.3. The fraction of sp³-hybridized carbons (Fsp3) is 0.938. The van der Waals surface area contributed by atoms with E-state index in [2.05, 4.69) is 6.92 Å². The topological polar surface area (TPSA) is 37.3 Å². The SMILES string of the molecule is CCCCCCCCCCCCCCCC(=O)O.[LiH]. The molecular weight excluding hydrogens is 231 g/mol. The maximum absolute atomic E-state index is 10.3. The van der Waals surface area contributed by atoms with Crippen LogP contribution in [0.25, 0.3) is 0 Å². The monoisotopic (exact) mass is 264 g/mol. The normalized spacial score (nSPS) is 10.2. The van der Waals surface area contributed by atoms with E-state index in [9.17, 15) is 4.79 Å². The van der Waals surface area contributed by atoms with Gasteiger partial charge >= 0.3 is 24.8 Å². The average molecular weight is 264 g/mol. The van der Waals surface area contributed by atoms with E-state index in [0.717, 1.165) is 12.8 Å². The molecule has 0 fully saturated rings. The summed E-state index contributed by atoms with van der Waals surface area (Å²) in [5.74, 6) is -0.655. The van der Waals surface area contributed by atoms with Crippen LogP contribution in [0.5, 0.6) is 0 Å². The molecule has 0 aromatic carbocycles. The number of hydrogen-bond acceptors (Lipinski definition) is 1. The van der Waals surface area contributed by atoms with Crippen molar-refractivity contribution >= 4 is 24.8 Å². The predicted molar refractivity (Wildman–Crippen MR) is 85.1 cm³/mol. The first kappa shape index (κ1) is 21.4. The third kappa shape index (κ3) is 20.5. The molecule has 1 N–H and O–H groups in total. The Bertz CT molecular complexity index is 184. The van der Waals surface area contributed by atoms with Gasteiger partial charge in [0.05, 0.1) is 0 Å². The Morgan fingerprint density at radius 2 is 1.00 bits per heavy atom. The Morgan fingerprint density at radius 3 is 1.32 bits per heavy atom. The van der Waals surface area contributed by atoms with Crippen LogP contribution < -0.4 is 0 Å². The van der Waals surface area contributed by atoms with E-state index in [-0.39, 0.29) is 18.9 Å². The van der Waals surface area contributed by atoms with Crippen molar-refractivity contribution in [1.82, 2.24) is 0 Å². The Hall–Kier alpha value is 0.0674. The zero-order valence-electron chi connectivity index (χ0n) is 12.3. The Kier molecular flexibility index (Phi) is 20.3. The van der Waals surface area contributed by atoms with Gasteiger partial charge in [0.15, 0.2) is 0 Å². The van der Waals surface area contributed by atoms with Crippen molar-refractivity contribution in [3.63, 3.8) is 0 Å². The quantitative estimate of drug-likeness (QED) is 0.358. The number of aliphatic carboxylic acids is 1. The molecule has 0 amide bonds. The van der Waals surface area contributed by atoms with E-state index in [1.807, 2.05) is 0 Å². The summed E-state index contributed by atoms with van der Waals surface area (Å²) in [5, 5.41) is 8.49. The number of rotatable bonds is 14. The van der Waals surface area contributed by atoms with E-state index in [4.69, 9.17) is 5.11 Å². The van der Waals surface area contributed by atoms with Gasteiger partial charge in [0.1, 0.15) is 0 Å². The summed E-state index contributed by atoms with van der Waals surface area (Å²) >= 11 is 0. The molecule has 0 radical (unpaired) electrons. The van der Waals surface area contributed by atoms with Crippen LogP contribution in [0.3, 0.4) is 0 Å². The number of hydrogen-bond donors (Lipinski definition) is 1. The first-order valence-corrected chi connectivity index (χ1v) is 7.99. The molecule has 0 saturated heterocycles. The molecule has 0 bridgehead atoms. The van der Waals surface area contributed by atoms with E-state index in [1.165, 1.54) is 70.6 Å². The first-order valence-electron chi connectivity index (χ1n) is 7.99. The summed E-state index contributed by atoms with van der Waals surface area (Å²) in [4.78, 5) is 10.3. The second-order valence-electron chi connectivity index (χ2n) is 5.39. The predicted octanol–water partition coefficient (Wildman–Crippen LogP) is 4.90. The molecule has 110 valence electrons. The van der Waals surface area contributed by atoms with E-state index in [0.29, 0.717) is 6.42 Å². The molecule has 0 aliphatic rings.